The molecular formula is C17H18ClN3O2. The van der Waals surface area contributed by atoms with Crippen LogP contribution in [0.2, 0.25) is 5.02 Å². The van der Waals surface area contributed by atoms with E-state index in [0.717, 1.165) is 11.1 Å². The maximum absolute atomic E-state index is 12.1. The second-order valence-corrected chi connectivity index (χ2v) is 5.70. The third kappa shape index (κ3) is 4.47. The highest BCUT2D eigenvalue weighted by molar-refractivity contribution is 6.30. The van der Waals surface area contributed by atoms with E-state index in [-0.39, 0.29) is 12.1 Å². The Hall–Kier alpha value is -2.53. The molecule has 23 heavy (non-hydrogen) atoms. The zero-order chi connectivity index (χ0) is 17.0. The number of carbonyl (C=O) groups excluding carboxylic acids is 2. The molecule has 120 valence electrons. The molecule has 0 spiro atoms. The van der Waals surface area contributed by atoms with Crippen LogP contribution < -0.4 is 16.4 Å². The molecule has 6 heteroatoms. The Balaban J connectivity index is 2.03. The van der Waals surface area contributed by atoms with E-state index < -0.39 is 5.91 Å². The fraction of sp³-hybridized carbons (Fsp3) is 0.176. The number of nitrogens with one attached hydrogen (secondary N) is 2. The average molecular weight is 332 g/mol. The molecule has 4 N–H and O–H groups in total. The number of amides is 3. The van der Waals surface area contributed by atoms with Crippen LogP contribution in [-0.2, 0) is 0 Å². The SMILES string of the molecule is Cc1ccc(NC(=O)N[C@@H](C)c2ccc(Cl)cc2)cc1C(N)=O. The lowest BCUT2D eigenvalue weighted by atomic mass is 10.1. The molecule has 0 heterocycles. The van der Waals surface area contributed by atoms with E-state index in [1.54, 1.807) is 37.3 Å². The molecule has 0 aromatic heterocycles. The largest absolute Gasteiger partial charge is 0.366 e. The summed E-state index contributed by atoms with van der Waals surface area (Å²) < 4.78 is 0. The van der Waals surface area contributed by atoms with Crippen LogP contribution in [0.5, 0.6) is 0 Å². The second-order valence-electron chi connectivity index (χ2n) is 5.27. The minimum Gasteiger partial charge on any atom is -0.366 e. The number of rotatable bonds is 4. The van der Waals surface area contributed by atoms with Crippen LogP contribution in [0.25, 0.3) is 0 Å². The first kappa shape index (κ1) is 16.8. The number of primary amides is 1. The number of carbonyl (C=O) groups is 2. The van der Waals surface area contributed by atoms with Crippen LogP contribution in [0.4, 0.5) is 10.5 Å². The number of aryl methyl sites for hydroxylation is 1. The Bertz CT molecular complexity index is 729. The van der Waals surface area contributed by atoms with Gasteiger partial charge in [0.2, 0.25) is 5.91 Å². The first-order chi connectivity index (χ1) is 10.9. The van der Waals surface area contributed by atoms with Crippen molar-refractivity contribution in [3.8, 4) is 0 Å². The summed E-state index contributed by atoms with van der Waals surface area (Å²) in [6.45, 7) is 3.65. The molecular weight excluding hydrogens is 314 g/mol. The number of anilines is 1. The van der Waals surface area contributed by atoms with Crippen molar-refractivity contribution in [2.45, 2.75) is 19.9 Å². The fourth-order valence-electron chi connectivity index (χ4n) is 2.16. The topological polar surface area (TPSA) is 84.2 Å². The highest BCUT2D eigenvalue weighted by Crippen LogP contribution is 2.17. The first-order valence-corrected chi connectivity index (χ1v) is 7.48. The van der Waals surface area contributed by atoms with Gasteiger partial charge in [-0.15, -0.1) is 0 Å². The molecule has 0 aliphatic rings. The maximum Gasteiger partial charge on any atom is 0.319 e. The number of halogens is 1. The molecule has 2 aromatic rings. The maximum atomic E-state index is 12.1. The molecule has 0 bridgehead atoms. The van der Waals surface area contributed by atoms with Crippen LogP contribution in [0.1, 0.15) is 34.5 Å². The van der Waals surface area contributed by atoms with Crippen molar-refractivity contribution in [3.05, 3.63) is 64.2 Å². The van der Waals surface area contributed by atoms with E-state index in [0.29, 0.717) is 16.3 Å². The Morgan fingerprint density at radius 3 is 2.39 bits per heavy atom. The van der Waals surface area contributed by atoms with Gasteiger partial charge in [0.25, 0.3) is 0 Å². The molecule has 0 saturated heterocycles. The minimum absolute atomic E-state index is 0.187. The molecule has 0 aliphatic carbocycles. The Kier molecular flexibility index (Phi) is 5.24. The monoisotopic (exact) mass is 331 g/mol. The lowest BCUT2D eigenvalue weighted by Gasteiger charge is -2.15. The highest BCUT2D eigenvalue weighted by atomic mass is 35.5. The molecule has 5 nitrogen and oxygen atoms in total. The van der Waals surface area contributed by atoms with Crippen molar-refractivity contribution < 1.29 is 9.59 Å². The van der Waals surface area contributed by atoms with Crippen molar-refractivity contribution in [1.29, 1.82) is 0 Å². The molecule has 2 aromatic carbocycles. The van der Waals surface area contributed by atoms with Gasteiger partial charge in [-0.25, -0.2) is 4.79 Å². The number of hydrogen-bond donors (Lipinski definition) is 3. The van der Waals surface area contributed by atoms with E-state index >= 15 is 0 Å². The predicted molar refractivity (Wildman–Crippen MR) is 91.7 cm³/mol. The van der Waals surface area contributed by atoms with Gasteiger partial charge in [-0.3, -0.25) is 4.79 Å². The van der Waals surface area contributed by atoms with Gasteiger partial charge < -0.3 is 16.4 Å². The van der Waals surface area contributed by atoms with Crippen LogP contribution in [-0.4, -0.2) is 11.9 Å². The van der Waals surface area contributed by atoms with Gasteiger partial charge in [-0.1, -0.05) is 29.8 Å². The van der Waals surface area contributed by atoms with Gasteiger partial charge in [-0.05, 0) is 49.2 Å². The summed E-state index contributed by atoms with van der Waals surface area (Å²) in [6, 6.07) is 11.7. The number of hydrogen-bond acceptors (Lipinski definition) is 2. The molecule has 3 amide bonds. The normalized spacial score (nSPS) is 11.6. The fourth-order valence-corrected chi connectivity index (χ4v) is 2.29. The standard InChI is InChI=1S/C17H18ClN3O2/c1-10-3-8-14(9-15(10)16(19)22)21-17(23)20-11(2)12-4-6-13(18)7-5-12/h3-9,11H,1-2H3,(H2,19,22)(H2,20,21,23)/t11-/m0/s1. The van der Waals surface area contributed by atoms with Crippen LogP contribution in [0.3, 0.4) is 0 Å². The molecule has 0 radical (unpaired) electrons. The van der Waals surface area contributed by atoms with Crippen LogP contribution in [0.15, 0.2) is 42.5 Å². The van der Waals surface area contributed by atoms with E-state index in [4.69, 9.17) is 17.3 Å². The van der Waals surface area contributed by atoms with E-state index in [9.17, 15) is 9.59 Å². The van der Waals surface area contributed by atoms with Crippen LogP contribution in [0, 0.1) is 6.92 Å². The summed E-state index contributed by atoms with van der Waals surface area (Å²) in [7, 11) is 0. The highest BCUT2D eigenvalue weighted by Gasteiger charge is 2.11. The van der Waals surface area contributed by atoms with Gasteiger partial charge in [0.15, 0.2) is 0 Å². The van der Waals surface area contributed by atoms with E-state index in [2.05, 4.69) is 10.6 Å². The van der Waals surface area contributed by atoms with Crippen molar-refractivity contribution >= 4 is 29.2 Å². The van der Waals surface area contributed by atoms with Gasteiger partial charge in [0, 0.05) is 16.3 Å². The number of urea groups is 1. The quantitative estimate of drug-likeness (QED) is 0.799. The molecule has 0 saturated carbocycles. The Morgan fingerprint density at radius 1 is 1.13 bits per heavy atom. The van der Waals surface area contributed by atoms with Gasteiger partial charge in [0.05, 0.1) is 6.04 Å². The summed E-state index contributed by atoms with van der Waals surface area (Å²) in [4.78, 5) is 23.4. The lowest BCUT2D eigenvalue weighted by molar-refractivity contribution is 0.0999. The third-order valence-corrected chi connectivity index (χ3v) is 3.73. The lowest BCUT2D eigenvalue weighted by Crippen LogP contribution is -2.31. The van der Waals surface area contributed by atoms with Gasteiger partial charge in [-0.2, -0.15) is 0 Å². The molecule has 1 atom stereocenters. The molecule has 0 fully saturated rings. The zero-order valence-corrected chi connectivity index (χ0v) is 13.6. The van der Waals surface area contributed by atoms with Crippen LogP contribution >= 0.6 is 11.6 Å². The van der Waals surface area contributed by atoms with E-state index in [1.807, 2.05) is 19.1 Å². The smallest absolute Gasteiger partial charge is 0.319 e. The molecule has 2 rings (SSSR count). The number of benzene rings is 2. The third-order valence-electron chi connectivity index (χ3n) is 3.48. The summed E-state index contributed by atoms with van der Waals surface area (Å²) in [5, 5.41) is 6.15. The summed E-state index contributed by atoms with van der Waals surface area (Å²) in [6.07, 6.45) is 0. The summed E-state index contributed by atoms with van der Waals surface area (Å²) in [5.41, 5.74) is 7.89. The first-order valence-electron chi connectivity index (χ1n) is 7.10. The zero-order valence-electron chi connectivity index (χ0n) is 12.9. The van der Waals surface area contributed by atoms with Crippen molar-refractivity contribution in [2.75, 3.05) is 5.32 Å². The average Bonchev–Trinajstić information content (AvgIpc) is 2.49. The van der Waals surface area contributed by atoms with Crippen molar-refractivity contribution in [3.63, 3.8) is 0 Å². The van der Waals surface area contributed by atoms with Crippen molar-refractivity contribution in [2.24, 2.45) is 5.73 Å². The summed E-state index contributed by atoms with van der Waals surface area (Å²) in [5.74, 6) is -0.527. The second kappa shape index (κ2) is 7.15. The Labute approximate surface area is 139 Å². The van der Waals surface area contributed by atoms with Crippen molar-refractivity contribution in [1.82, 2.24) is 5.32 Å². The van der Waals surface area contributed by atoms with Gasteiger partial charge >= 0.3 is 6.03 Å². The predicted octanol–water partition coefficient (Wildman–Crippen LogP) is 3.63. The summed E-state index contributed by atoms with van der Waals surface area (Å²) >= 11 is 5.85. The van der Waals surface area contributed by atoms with E-state index in [1.165, 1.54) is 0 Å². The molecule has 0 unspecified atom stereocenters. The Morgan fingerprint density at radius 2 is 1.78 bits per heavy atom. The number of nitrogens with two attached hydrogens (primary N) is 1. The molecule has 0 aliphatic heterocycles. The minimum atomic E-state index is -0.527. The van der Waals surface area contributed by atoms with Gasteiger partial charge in [0.1, 0.15) is 0 Å².